The van der Waals surface area contributed by atoms with E-state index in [0.717, 1.165) is 76.9 Å². The van der Waals surface area contributed by atoms with Gasteiger partial charge in [0.1, 0.15) is 11.2 Å². The highest BCUT2D eigenvalue weighted by Gasteiger charge is 2.50. The molecule has 0 N–H and O–H groups in total. The Morgan fingerprint density at radius 1 is 0.426 bits per heavy atom. The third-order valence-electron chi connectivity index (χ3n) is 19.6. The van der Waals surface area contributed by atoms with E-state index in [-0.39, 0.29) is 0 Å². The summed E-state index contributed by atoms with van der Waals surface area (Å²) in [6.07, 6.45) is 3.21. The van der Waals surface area contributed by atoms with Crippen LogP contribution in [0.4, 0.5) is 17.1 Å². The number of thiophene rings is 1. The number of allylic oxidation sites excluding steroid dienone is 1. The zero-order chi connectivity index (χ0) is 62.0. The SMILES string of the molecule is Clc1ccc2c(c1)Sc1ccccc1C21c2ccc(/C(=C\Cc3ccc4sc5ccccc5c4c3-c3ccccc3)c3ccc4c(c3)c3ccccc3n4-c3ccccc3)cc2-c2cc(N(c3ccccc3)c3cc(-c4ccccc4)c4oc5ccccc5c4c3)ccc21. The number of halogens is 1. The van der Waals surface area contributed by atoms with Crippen LogP contribution in [0.1, 0.15) is 38.9 Å². The lowest BCUT2D eigenvalue weighted by molar-refractivity contribution is 0.670. The molecule has 442 valence electrons. The molecule has 0 bridgehead atoms. The van der Waals surface area contributed by atoms with Gasteiger partial charge in [-0.05, 0) is 188 Å². The number of rotatable bonds is 10. The minimum Gasteiger partial charge on any atom is -0.455 e. The van der Waals surface area contributed by atoms with Crippen molar-refractivity contribution in [2.45, 2.75) is 21.6 Å². The topological polar surface area (TPSA) is 21.3 Å². The van der Waals surface area contributed by atoms with E-state index in [1.165, 1.54) is 103 Å². The van der Waals surface area contributed by atoms with E-state index >= 15 is 0 Å². The maximum Gasteiger partial charge on any atom is 0.143 e. The summed E-state index contributed by atoms with van der Waals surface area (Å²) in [5, 5.41) is 7.90. The molecular weight excluding hydrogens is 1200 g/mol. The van der Waals surface area contributed by atoms with Crippen LogP contribution in [-0.4, -0.2) is 4.57 Å². The van der Waals surface area contributed by atoms with Crippen LogP contribution in [0.2, 0.25) is 5.02 Å². The van der Waals surface area contributed by atoms with Crippen LogP contribution in [0.15, 0.2) is 336 Å². The van der Waals surface area contributed by atoms with Crippen LogP contribution in [-0.2, 0) is 11.8 Å². The molecule has 14 aromatic carbocycles. The number of hydrogen-bond donors (Lipinski definition) is 0. The van der Waals surface area contributed by atoms with Gasteiger partial charge in [0, 0.05) is 84.8 Å². The molecule has 0 fully saturated rings. The lowest BCUT2D eigenvalue weighted by Crippen LogP contribution is -2.32. The Labute approximate surface area is 557 Å². The molecule has 17 aromatic rings. The molecule has 1 aliphatic heterocycles. The van der Waals surface area contributed by atoms with Gasteiger partial charge >= 0.3 is 0 Å². The molecule has 0 amide bonds. The van der Waals surface area contributed by atoms with Crippen molar-refractivity contribution in [1.29, 1.82) is 0 Å². The Balaban J connectivity index is 0.872. The van der Waals surface area contributed by atoms with Crippen molar-refractivity contribution in [2.75, 3.05) is 4.90 Å². The summed E-state index contributed by atoms with van der Waals surface area (Å²) in [5.41, 5.74) is 24.4. The number of aromatic nitrogens is 1. The predicted octanol–water partition coefficient (Wildman–Crippen LogP) is 25.0. The molecule has 2 aliphatic rings. The monoisotopic (exact) mass is 1250 g/mol. The first-order valence-corrected chi connectivity index (χ1v) is 34.0. The average Bonchev–Trinajstić information content (AvgIpc) is 1.49. The van der Waals surface area contributed by atoms with Crippen LogP contribution in [0, 0.1) is 0 Å². The fraction of sp³-hybridized carbons (Fsp3) is 0.0227. The maximum absolute atomic E-state index is 7.03. The summed E-state index contributed by atoms with van der Waals surface area (Å²) < 4.78 is 11.8. The highest BCUT2D eigenvalue weighted by atomic mass is 35.5. The molecule has 1 aliphatic carbocycles. The summed E-state index contributed by atoms with van der Waals surface area (Å²) in [6, 6.07) is 116. The molecule has 6 heteroatoms. The fourth-order valence-corrected chi connectivity index (χ4v) is 18.2. The summed E-state index contributed by atoms with van der Waals surface area (Å²) in [5.74, 6) is 0. The number of nitrogens with zero attached hydrogens (tertiary/aromatic N) is 2. The van der Waals surface area contributed by atoms with Crippen molar-refractivity contribution in [3.8, 4) is 39.1 Å². The lowest BCUT2D eigenvalue weighted by atomic mass is 9.67. The largest absolute Gasteiger partial charge is 0.455 e. The maximum atomic E-state index is 7.03. The molecule has 3 nitrogen and oxygen atoms in total. The second kappa shape index (κ2) is 21.9. The van der Waals surface area contributed by atoms with Gasteiger partial charge in [0.2, 0.25) is 0 Å². The minimum absolute atomic E-state index is 0.679. The second-order valence-corrected chi connectivity index (χ2v) is 27.3. The molecular formula is C88H55ClN2OS2. The second-order valence-electron chi connectivity index (χ2n) is 24.7. The van der Waals surface area contributed by atoms with Crippen LogP contribution in [0.3, 0.4) is 0 Å². The molecule has 1 unspecified atom stereocenters. The molecule has 94 heavy (non-hydrogen) atoms. The van der Waals surface area contributed by atoms with Gasteiger partial charge < -0.3 is 13.9 Å². The van der Waals surface area contributed by atoms with Crippen molar-refractivity contribution >= 4 is 121 Å². The highest BCUT2D eigenvalue weighted by Crippen LogP contribution is 2.63. The van der Waals surface area contributed by atoms with Crippen molar-refractivity contribution < 1.29 is 4.42 Å². The van der Waals surface area contributed by atoms with E-state index < -0.39 is 5.41 Å². The zero-order valence-electron chi connectivity index (χ0n) is 50.8. The van der Waals surface area contributed by atoms with E-state index in [0.29, 0.717) is 6.42 Å². The van der Waals surface area contributed by atoms with E-state index in [4.69, 9.17) is 16.0 Å². The average molecular weight is 1260 g/mol. The molecule has 0 radical (unpaired) electrons. The summed E-state index contributed by atoms with van der Waals surface area (Å²) in [6.45, 7) is 0. The number of anilines is 3. The van der Waals surface area contributed by atoms with Gasteiger partial charge in [-0.3, -0.25) is 0 Å². The van der Waals surface area contributed by atoms with Crippen LogP contribution in [0.5, 0.6) is 0 Å². The standard InChI is InChI=1S/C88H55ClN2OS2/c89-60-41-45-77-84(51-60)94-82-36-20-16-32-76(82)88(77)74-44-38-58(49-70(74)71-52-63(42-46-75(71)88)90(61-25-9-3-10-26-61)64-53-69(55-21-5-1-6-22-55)87-73(54-64)67-30-14-18-34-80(67)92-87)65(59-39-47-79-72(50-59)66-29-13-17-33-78(66)91(79)62-27-11-4-12-28-62)43-37-57-40-48-83-86(68-31-15-19-35-81(68)93-83)85(57)56-23-7-2-8-24-56/h1-36,38-54H,37H2/b65-43+. The van der Waals surface area contributed by atoms with E-state index in [2.05, 4.69) is 331 Å². The fourth-order valence-electron chi connectivity index (χ4n) is 15.6. The Kier molecular flexibility index (Phi) is 12.7. The van der Waals surface area contributed by atoms with Crippen molar-refractivity contribution in [1.82, 2.24) is 4.57 Å². The molecule has 19 rings (SSSR count). The highest BCUT2D eigenvalue weighted by molar-refractivity contribution is 7.99. The molecule has 0 saturated carbocycles. The number of furan rings is 1. The summed E-state index contributed by atoms with van der Waals surface area (Å²) in [4.78, 5) is 4.81. The molecule has 1 atom stereocenters. The zero-order valence-corrected chi connectivity index (χ0v) is 53.2. The summed E-state index contributed by atoms with van der Waals surface area (Å²) >= 11 is 10.7. The first-order chi connectivity index (χ1) is 46.5. The van der Waals surface area contributed by atoms with E-state index in [1.54, 1.807) is 0 Å². The number of benzene rings is 14. The van der Waals surface area contributed by atoms with E-state index in [9.17, 15) is 0 Å². The van der Waals surface area contributed by atoms with Crippen LogP contribution >= 0.6 is 34.7 Å². The Morgan fingerprint density at radius 3 is 1.88 bits per heavy atom. The molecule has 3 aromatic heterocycles. The van der Waals surface area contributed by atoms with Gasteiger partial charge in [-0.2, -0.15) is 0 Å². The molecule has 1 spiro atoms. The van der Waals surface area contributed by atoms with Gasteiger partial charge in [-0.1, -0.05) is 236 Å². The number of fused-ring (bicyclic) bond motifs is 18. The third kappa shape index (κ3) is 8.52. The van der Waals surface area contributed by atoms with Crippen molar-refractivity contribution in [3.05, 3.63) is 365 Å². The number of para-hydroxylation sites is 4. The van der Waals surface area contributed by atoms with Gasteiger partial charge in [0.05, 0.1) is 16.4 Å². The predicted molar refractivity (Wildman–Crippen MR) is 397 cm³/mol. The molecule has 4 heterocycles. The third-order valence-corrected chi connectivity index (χ3v) is 22.1. The lowest BCUT2D eigenvalue weighted by Gasteiger charge is -2.40. The number of hydrogen-bond acceptors (Lipinski definition) is 4. The van der Waals surface area contributed by atoms with Crippen LogP contribution < -0.4 is 4.90 Å². The Bertz CT molecular complexity index is 5950. The van der Waals surface area contributed by atoms with Crippen LogP contribution in [0.25, 0.3) is 109 Å². The Morgan fingerprint density at radius 2 is 1.05 bits per heavy atom. The quantitative estimate of drug-likeness (QED) is 0.136. The smallest absolute Gasteiger partial charge is 0.143 e. The van der Waals surface area contributed by atoms with Gasteiger partial charge in [-0.15, -0.1) is 11.3 Å². The van der Waals surface area contributed by atoms with Gasteiger partial charge in [0.25, 0.3) is 0 Å². The van der Waals surface area contributed by atoms with Gasteiger partial charge in [0.15, 0.2) is 0 Å². The van der Waals surface area contributed by atoms with Gasteiger partial charge in [-0.25, -0.2) is 0 Å². The first-order valence-electron chi connectivity index (χ1n) is 32.0. The first kappa shape index (κ1) is 54.8. The Hall–Kier alpha value is -10.9. The molecule has 0 saturated heterocycles. The minimum atomic E-state index is -0.679. The van der Waals surface area contributed by atoms with Crippen molar-refractivity contribution in [3.63, 3.8) is 0 Å². The normalized spacial score (nSPS) is 14.1. The summed E-state index contributed by atoms with van der Waals surface area (Å²) in [7, 11) is 0. The van der Waals surface area contributed by atoms with E-state index in [1.807, 2.05) is 23.1 Å². The van der Waals surface area contributed by atoms with Crippen molar-refractivity contribution in [2.24, 2.45) is 0 Å².